The summed E-state index contributed by atoms with van der Waals surface area (Å²) in [6, 6.07) is 6.19. The predicted molar refractivity (Wildman–Crippen MR) is 73.9 cm³/mol. The lowest BCUT2D eigenvalue weighted by Crippen LogP contribution is -2.48. The van der Waals surface area contributed by atoms with Crippen LogP contribution in [0.1, 0.15) is 44.1 Å². The summed E-state index contributed by atoms with van der Waals surface area (Å²) >= 11 is 0. The van der Waals surface area contributed by atoms with Crippen LogP contribution in [0.25, 0.3) is 0 Å². The Labute approximate surface area is 114 Å². The first kappa shape index (κ1) is 12.8. The molecule has 3 nitrogen and oxygen atoms in total. The van der Waals surface area contributed by atoms with Crippen molar-refractivity contribution in [3.05, 3.63) is 23.8 Å². The normalized spacial score (nSPS) is 33.2. The van der Waals surface area contributed by atoms with Crippen molar-refractivity contribution in [1.82, 2.24) is 0 Å². The maximum atomic E-state index is 10.3. The van der Waals surface area contributed by atoms with Gasteiger partial charge >= 0.3 is 0 Å². The fourth-order valence-corrected chi connectivity index (χ4v) is 3.71. The van der Waals surface area contributed by atoms with Crippen molar-refractivity contribution in [3.63, 3.8) is 0 Å². The van der Waals surface area contributed by atoms with E-state index in [2.05, 4.69) is 12.1 Å². The van der Waals surface area contributed by atoms with Crippen LogP contribution < -0.4 is 9.47 Å². The van der Waals surface area contributed by atoms with Gasteiger partial charge in [-0.1, -0.05) is 0 Å². The quantitative estimate of drug-likeness (QED) is 0.910. The average molecular weight is 262 g/mol. The fourth-order valence-electron chi connectivity index (χ4n) is 3.71. The predicted octanol–water partition coefficient (Wildman–Crippen LogP) is 3.04. The first-order valence-corrected chi connectivity index (χ1v) is 7.05. The molecule has 3 aliphatic carbocycles. The van der Waals surface area contributed by atoms with Crippen LogP contribution in [0.5, 0.6) is 11.5 Å². The summed E-state index contributed by atoms with van der Waals surface area (Å²) in [4.78, 5) is 0. The number of hydrogen-bond acceptors (Lipinski definition) is 3. The van der Waals surface area contributed by atoms with Gasteiger partial charge in [-0.05, 0) is 61.6 Å². The fraction of sp³-hybridized carbons (Fsp3) is 0.625. The Balaban J connectivity index is 1.97. The molecule has 0 radical (unpaired) electrons. The molecule has 0 aromatic heterocycles. The van der Waals surface area contributed by atoms with E-state index in [1.165, 1.54) is 5.56 Å². The molecule has 0 heterocycles. The van der Waals surface area contributed by atoms with Crippen LogP contribution in [-0.2, 0) is 5.41 Å². The Kier molecular flexibility index (Phi) is 2.97. The Bertz CT molecular complexity index is 434. The van der Waals surface area contributed by atoms with Gasteiger partial charge in [0.05, 0.1) is 19.8 Å². The summed E-state index contributed by atoms with van der Waals surface area (Å²) in [5.74, 6) is 1.71. The third kappa shape index (κ3) is 2.10. The van der Waals surface area contributed by atoms with Crippen LogP contribution in [0.15, 0.2) is 18.2 Å². The molecule has 19 heavy (non-hydrogen) atoms. The SMILES string of the molecule is COc1cc(OC)cc(C23CCC(O)(CC2)CC3)c1. The highest BCUT2D eigenvalue weighted by Crippen LogP contribution is 2.54. The molecule has 1 aromatic rings. The molecule has 1 N–H and O–H groups in total. The van der Waals surface area contributed by atoms with Gasteiger partial charge in [-0.2, -0.15) is 0 Å². The van der Waals surface area contributed by atoms with Crippen LogP contribution in [0.3, 0.4) is 0 Å². The second-order valence-electron chi connectivity index (χ2n) is 6.11. The van der Waals surface area contributed by atoms with E-state index in [9.17, 15) is 5.11 Å². The monoisotopic (exact) mass is 262 g/mol. The maximum absolute atomic E-state index is 10.3. The lowest BCUT2D eigenvalue weighted by atomic mass is 9.56. The third-order valence-corrected chi connectivity index (χ3v) is 5.17. The lowest BCUT2D eigenvalue weighted by Gasteiger charge is -2.51. The highest BCUT2D eigenvalue weighted by molar-refractivity contribution is 5.43. The number of benzene rings is 1. The third-order valence-electron chi connectivity index (χ3n) is 5.17. The van der Waals surface area contributed by atoms with Gasteiger partial charge in [0.15, 0.2) is 0 Å². The molecule has 0 amide bonds. The average Bonchev–Trinajstić information content (AvgIpc) is 2.48. The molecule has 0 spiro atoms. The van der Waals surface area contributed by atoms with Crippen LogP contribution in [0, 0.1) is 0 Å². The molecular weight excluding hydrogens is 240 g/mol. The van der Waals surface area contributed by atoms with Crippen LogP contribution >= 0.6 is 0 Å². The zero-order chi connectivity index (χ0) is 13.5. The van der Waals surface area contributed by atoms with E-state index in [0.29, 0.717) is 0 Å². The second kappa shape index (κ2) is 4.41. The van der Waals surface area contributed by atoms with Crippen molar-refractivity contribution in [1.29, 1.82) is 0 Å². The maximum Gasteiger partial charge on any atom is 0.122 e. The number of hydrogen-bond donors (Lipinski definition) is 1. The van der Waals surface area contributed by atoms with Gasteiger partial charge < -0.3 is 14.6 Å². The number of fused-ring (bicyclic) bond motifs is 3. The molecule has 3 fully saturated rings. The van der Waals surface area contributed by atoms with Crippen molar-refractivity contribution in [2.75, 3.05) is 14.2 Å². The minimum Gasteiger partial charge on any atom is -0.497 e. The molecular formula is C16H22O3. The molecule has 0 saturated heterocycles. The van der Waals surface area contributed by atoms with Gasteiger partial charge in [-0.25, -0.2) is 0 Å². The van der Waals surface area contributed by atoms with Gasteiger partial charge in [0, 0.05) is 6.07 Å². The molecule has 3 saturated carbocycles. The highest BCUT2D eigenvalue weighted by atomic mass is 16.5. The minimum absolute atomic E-state index is 0.215. The van der Waals surface area contributed by atoms with Gasteiger partial charge in [0.1, 0.15) is 11.5 Å². The molecule has 4 rings (SSSR count). The summed E-state index contributed by atoms with van der Waals surface area (Å²) < 4.78 is 10.8. The highest BCUT2D eigenvalue weighted by Gasteiger charge is 2.48. The van der Waals surface area contributed by atoms with Crippen LogP contribution in [0.4, 0.5) is 0 Å². The van der Waals surface area contributed by atoms with Gasteiger partial charge in [0.25, 0.3) is 0 Å². The Morgan fingerprint density at radius 1 is 0.842 bits per heavy atom. The first-order valence-electron chi connectivity index (χ1n) is 7.05. The largest absolute Gasteiger partial charge is 0.497 e. The van der Waals surface area contributed by atoms with E-state index < -0.39 is 0 Å². The summed E-state index contributed by atoms with van der Waals surface area (Å²) in [5, 5.41) is 10.3. The number of methoxy groups -OCH3 is 2. The van der Waals surface area contributed by atoms with E-state index in [1.54, 1.807) is 14.2 Å². The second-order valence-corrected chi connectivity index (χ2v) is 6.11. The molecule has 0 atom stereocenters. The molecule has 3 heteroatoms. The van der Waals surface area contributed by atoms with Crippen molar-refractivity contribution in [2.24, 2.45) is 0 Å². The summed E-state index contributed by atoms with van der Waals surface area (Å²) in [7, 11) is 3.38. The Morgan fingerprint density at radius 2 is 1.32 bits per heavy atom. The van der Waals surface area contributed by atoms with E-state index in [-0.39, 0.29) is 11.0 Å². The molecule has 3 aliphatic rings. The number of ether oxygens (including phenoxy) is 2. The Morgan fingerprint density at radius 3 is 1.74 bits per heavy atom. The van der Waals surface area contributed by atoms with Crippen molar-refractivity contribution in [2.45, 2.75) is 49.5 Å². The van der Waals surface area contributed by atoms with E-state index >= 15 is 0 Å². The van der Waals surface area contributed by atoms with Crippen molar-refractivity contribution >= 4 is 0 Å². The summed E-state index contributed by atoms with van der Waals surface area (Å²) in [5.41, 5.74) is 1.14. The molecule has 104 valence electrons. The van der Waals surface area contributed by atoms with Gasteiger partial charge in [-0.15, -0.1) is 0 Å². The first-order chi connectivity index (χ1) is 9.09. The Hall–Kier alpha value is -1.22. The number of aliphatic hydroxyl groups is 1. The zero-order valence-electron chi connectivity index (χ0n) is 11.7. The molecule has 0 aliphatic heterocycles. The van der Waals surface area contributed by atoms with Crippen LogP contribution in [0.2, 0.25) is 0 Å². The van der Waals surface area contributed by atoms with Gasteiger partial charge in [0.2, 0.25) is 0 Å². The van der Waals surface area contributed by atoms with Crippen molar-refractivity contribution in [3.8, 4) is 11.5 Å². The zero-order valence-corrected chi connectivity index (χ0v) is 11.7. The minimum atomic E-state index is -0.384. The summed E-state index contributed by atoms with van der Waals surface area (Å²) in [6.07, 6.45) is 5.98. The molecule has 1 aromatic carbocycles. The molecule has 0 unspecified atom stereocenters. The molecule has 2 bridgehead atoms. The number of rotatable bonds is 3. The van der Waals surface area contributed by atoms with Crippen molar-refractivity contribution < 1.29 is 14.6 Å². The van der Waals surface area contributed by atoms with Crippen LogP contribution in [-0.4, -0.2) is 24.9 Å². The topological polar surface area (TPSA) is 38.7 Å². The van der Waals surface area contributed by atoms with E-state index in [4.69, 9.17) is 9.47 Å². The summed E-state index contributed by atoms with van der Waals surface area (Å²) in [6.45, 7) is 0. The standard InChI is InChI=1S/C16H22O3/c1-18-13-9-12(10-14(11-13)19-2)15-3-6-16(17,7-4-15)8-5-15/h9-11,17H,3-8H2,1-2H3. The lowest BCUT2D eigenvalue weighted by molar-refractivity contribution is -0.0661. The van der Waals surface area contributed by atoms with E-state index in [1.807, 2.05) is 6.07 Å². The van der Waals surface area contributed by atoms with E-state index in [0.717, 1.165) is 50.0 Å². The smallest absolute Gasteiger partial charge is 0.122 e. The van der Waals surface area contributed by atoms with Gasteiger partial charge in [-0.3, -0.25) is 0 Å².